The molecule has 2 rings (SSSR count). The third-order valence-corrected chi connectivity index (χ3v) is 3.16. The van der Waals surface area contributed by atoms with Gasteiger partial charge >= 0.3 is 5.82 Å². The monoisotopic (exact) mass is 353 g/mol. The quantitative estimate of drug-likeness (QED) is 0.562. The summed E-state index contributed by atoms with van der Waals surface area (Å²) >= 11 is 2.90. The van der Waals surface area contributed by atoms with E-state index in [0.717, 1.165) is 0 Å². The first-order chi connectivity index (χ1) is 10.0. The van der Waals surface area contributed by atoms with Crippen LogP contribution in [-0.4, -0.2) is 26.9 Å². The number of hydrazine groups is 1. The van der Waals surface area contributed by atoms with Crippen LogP contribution in [0.25, 0.3) is 0 Å². The van der Waals surface area contributed by atoms with Crippen LogP contribution in [0.1, 0.15) is 20.8 Å². The molecule has 3 N–H and O–H groups in total. The number of nitro groups is 1. The van der Waals surface area contributed by atoms with Crippen LogP contribution < -0.4 is 10.9 Å². The Labute approximate surface area is 126 Å². The number of benzene rings is 1. The molecule has 21 heavy (non-hydrogen) atoms. The lowest BCUT2D eigenvalue weighted by atomic mass is 10.2. The van der Waals surface area contributed by atoms with Crippen molar-refractivity contribution in [3.8, 4) is 0 Å². The number of aromatic nitrogens is 2. The zero-order valence-electron chi connectivity index (χ0n) is 10.3. The topological polar surface area (TPSA) is 130 Å². The number of carbonyl (C=O) groups excluding carboxylic acids is 2. The predicted molar refractivity (Wildman–Crippen MR) is 74.3 cm³/mol. The predicted octanol–water partition coefficient (Wildman–Crippen LogP) is 1.16. The molecule has 2 aromatic rings. The van der Waals surface area contributed by atoms with Crippen LogP contribution in [0.3, 0.4) is 0 Å². The fraction of sp³-hybridized carbons (Fsp3) is 0. The first-order valence-corrected chi connectivity index (χ1v) is 6.34. The second-order valence-corrected chi connectivity index (χ2v) is 4.56. The Kier molecular flexibility index (Phi) is 4.28. The van der Waals surface area contributed by atoms with Gasteiger partial charge in [-0.05, 0) is 33.0 Å². The van der Waals surface area contributed by atoms with Gasteiger partial charge in [0.15, 0.2) is 5.69 Å². The van der Waals surface area contributed by atoms with Crippen molar-refractivity contribution >= 4 is 33.6 Å². The Morgan fingerprint density at radius 2 is 1.81 bits per heavy atom. The van der Waals surface area contributed by atoms with Crippen LogP contribution >= 0.6 is 15.9 Å². The summed E-state index contributed by atoms with van der Waals surface area (Å²) in [6.45, 7) is 0. The maximum atomic E-state index is 11.8. The molecular weight excluding hydrogens is 346 g/mol. The standard InChI is InChI=1S/C11H8BrN5O4/c12-7-8(13-14-9(7)17(20)21)11(19)16-15-10(18)6-4-2-1-3-5-6/h1-5H,(H,13,14)(H,15,18)(H,16,19). The van der Waals surface area contributed by atoms with Gasteiger partial charge in [0.2, 0.25) is 0 Å². The molecule has 1 aromatic heterocycles. The molecule has 0 unspecified atom stereocenters. The smallest absolute Gasteiger partial charge is 0.357 e. The lowest BCUT2D eigenvalue weighted by Crippen LogP contribution is -2.41. The average Bonchev–Trinajstić information content (AvgIpc) is 2.87. The van der Waals surface area contributed by atoms with Gasteiger partial charge in [0, 0.05) is 5.56 Å². The number of carbonyl (C=O) groups is 2. The van der Waals surface area contributed by atoms with E-state index >= 15 is 0 Å². The molecule has 0 radical (unpaired) electrons. The first-order valence-electron chi connectivity index (χ1n) is 5.54. The van der Waals surface area contributed by atoms with Gasteiger partial charge in [0.1, 0.15) is 4.47 Å². The van der Waals surface area contributed by atoms with Crippen molar-refractivity contribution in [2.24, 2.45) is 0 Å². The molecule has 0 atom stereocenters. The van der Waals surface area contributed by atoms with Crippen LogP contribution in [-0.2, 0) is 0 Å². The van der Waals surface area contributed by atoms with E-state index in [2.05, 4.69) is 37.0 Å². The molecule has 0 saturated heterocycles. The van der Waals surface area contributed by atoms with E-state index in [1.807, 2.05) is 0 Å². The summed E-state index contributed by atoms with van der Waals surface area (Å²) in [5, 5.41) is 16.2. The molecule has 0 saturated carbocycles. The third-order valence-electron chi connectivity index (χ3n) is 2.41. The van der Waals surface area contributed by atoms with Crippen LogP contribution in [0.15, 0.2) is 34.8 Å². The van der Waals surface area contributed by atoms with Gasteiger partial charge in [-0.2, -0.15) is 0 Å². The number of nitrogens with one attached hydrogen (secondary N) is 3. The van der Waals surface area contributed by atoms with Crippen molar-refractivity contribution in [3.63, 3.8) is 0 Å². The Hall–Kier alpha value is -2.75. The molecule has 0 aliphatic carbocycles. The zero-order valence-corrected chi connectivity index (χ0v) is 11.9. The molecule has 9 nitrogen and oxygen atoms in total. The summed E-state index contributed by atoms with van der Waals surface area (Å²) in [5.41, 5.74) is 4.41. The largest absolute Gasteiger partial charge is 0.358 e. The van der Waals surface area contributed by atoms with Crippen LogP contribution in [0.5, 0.6) is 0 Å². The normalized spacial score (nSPS) is 9.95. The number of amides is 2. The minimum Gasteiger partial charge on any atom is -0.358 e. The fourth-order valence-corrected chi connectivity index (χ4v) is 1.93. The Morgan fingerprint density at radius 1 is 1.19 bits per heavy atom. The van der Waals surface area contributed by atoms with Gasteiger partial charge < -0.3 is 10.1 Å². The van der Waals surface area contributed by atoms with Gasteiger partial charge in [-0.25, -0.2) is 0 Å². The van der Waals surface area contributed by atoms with Crippen molar-refractivity contribution in [1.82, 2.24) is 21.0 Å². The number of hydrogen-bond donors (Lipinski definition) is 3. The molecule has 1 aromatic carbocycles. The van der Waals surface area contributed by atoms with Crippen molar-refractivity contribution < 1.29 is 14.5 Å². The Morgan fingerprint density at radius 3 is 2.38 bits per heavy atom. The molecular formula is C11H8BrN5O4. The molecule has 0 aliphatic heterocycles. The summed E-state index contributed by atoms with van der Waals surface area (Å²) in [5.74, 6) is -1.77. The number of nitrogens with zero attached hydrogens (tertiary/aromatic N) is 2. The lowest BCUT2D eigenvalue weighted by molar-refractivity contribution is -0.390. The zero-order chi connectivity index (χ0) is 15.4. The molecule has 2 amide bonds. The van der Waals surface area contributed by atoms with E-state index in [0.29, 0.717) is 5.56 Å². The van der Waals surface area contributed by atoms with Crippen molar-refractivity contribution in [2.45, 2.75) is 0 Å². The highest BCUT2D eigenvalue weighted by molar-refractivity contribution is 9.10. The summed E-state index contributed by atoms with van der Waals surface area (Å²) in [4.78, 5) is 33.4. The van der Waals surface area contributed by atoms with Crippen LogP contribution in [0.2, 0.25) is 0 Å². The minimum atomic E-state index is -0.796. The first kappa shape index (κ1) is 14.7. The number of rotatable bonds is 3. The molecule has 1 heterocycles. The Balaban J connectivity index is 2.03. The van der Waals surface area contributed by atoms with E-state index in [4.69, 9.17) is 0 Å². The van der Waals surface area contributed by atoms with E-state index in [-0.39, 0.29) is 10.2 Å². The summed E-state index contributed by atoms with van der Waals surface area (Å²) < 4.78 is -0.0982. The third kappa shape index (κ3) is 3.23. The SMILES string of the molecule is O=C(NNC(=O)c1n[nH]c([N+](=O)[O-])c1Br)c1ccccc1. The molecule has 10 heteroatoms. The Bertz CT molecular complexity index is 700. The molecule has 0 bridgehead atoms. The van der Waals surface area contributed by atoms with Crippen LogP contribution in [0.4, 0.5) is 5.82 Å². The van der Waals surface area contributed by atoms with Gasteiger partial charge in [0.25, 0.3) is 11.8 Å². The second kappa shape index (κ2) is 6.13. The van der Waals surface area contributed by atoms with E-state index in [1.54, 1.807) is 30.3 Å². The van der Waals surface area contributed by atoms with Gasteiger partial charge in [0.05, 0.1) is 0 Å². The van der Waals surface area contributed by atoms with Gasteiger partial charge in [-0.3, -0.25) is 20.4 Å². The number of halogens is 1. The van der Waals surface area contributed by atoms with E-state index in [9.17, 15) is 19.7 Å². The highest BCUT2D eigenvalue weighted by Crippen LogP contribution is 2.25. The summed E-state index contributed by atoms with van der Waals surface area (Å²) in [7, 11) is 0. The fourth-order valence-electron chi connectivity index (χ4n) is 1.43. The highest BCUT2D eigenvalue weighted by atomic mass is 79.9. The number of H-pyrrole nitrogens is 1. The van der Waals surface area contributed by atoms with Crippen molar-refractivity contribution in [2.75, 3.05) is 0 Å². The lowest BCUT2D eigenvalue weighted by Gasteiger charge is -2.05. The number of aromatic amines is 1. The van der Waals surface area contributed by atoms with E-state index < -0.39 is 22.6 Å². The maximum Gasteiger partial charge on any atom is 0.357 e. The average molecular weight is 354 g/mol. The molecule has 0 aliphatic rings. The molecule has 108 valence electrons. The minimum absolute atomic E-state index is 0.0982. The van der Waals surface area contributed by atoms with Crippen molar-refractivity contribution in [3.05, 3.63) is 56.2 Å². The summed E-state index contributed by atoms with van der Waals surface area (Å²) in [6, 6.07) is 8.22. The van der Waals surface area contributed by atoms with Gasteiger partial charge in [-0.15, -0.1) is 5.10 Å². The van der Waals surface area contributed by atoms with Crippen molar-refractivity contribution in [1.29, 1.82) is 0 Å². The number of hydrogen-bond acceptors (Lipinski definition) is 5. The van der Waals surface area contributed by atoms with Gasteiger partial charge in [-0.1, -0.05) is 23.3 Å². The highest BCUT2D eigenvalue weighted by Gasteiger charge is 2.24. The second-order valence-electron chi connectivity index (χ2n) is 3.77. The molecule has 0 spiro atoms. The molecule has 0 fully saturated rings. The van der Waals surface area contributed by atoms with Crippen LogP contribution in [0, 0.1) is 10.1 Å². The maximum absolute atomic E-state index is 11.8. The van der Waals surface area contributed by atoms with E-state index in [1.165, 1.54) is 0 Å². The summed E-state index contributed by atoms with van der Waals surface area (Å²) in [6.07, 6.45) is 0.